The number of carbonyl (C=O) groups excluding carboxylic acids is 2. The van der Waals surface area contributed by atoms with Crippen molar-refractivity contribution < 1.29 is 28.7 Å². The fourth-order valence-electron chi connectivity index (χ4n) is 5.92. The summed E-state index contributed by atoms with van der Waals surface area (Å²) in [6.07, 6.45) is 2.03. The minimum absolute atomic E-state index is 0.00732. The van der Waals surface area contributed by atoms with Crippen LogP contribution in [0, 0.1) is 24.5 Å². The monoisotopic (exact) mass is 657 g/mol. The van der Waals surface area contributed by atoms with E-state index in [0.29, 0.717) is 59.8 Å². The van der Waals surface area contributed by atoms with Gasteiger partial charge in [-0.2, -0.15) is 0 Å². The predicted octanol–water partition coefficient (Wildman–Crippen LogP) is 7.19. The smallest absolute Gasteiger partial charge is 0.269 e. The van der Waals surface area contributed by atoms with E-state index in [-0.39, 0.29) is 34.7 Å². The first-order valence-corrected chi connectivity index (χ1v) is 14.3. The molecule has 3 aliphatic rings. The fourth-order valence-corrected chi connectivity index (χ4v) is 6.70. The number of hydrogen-bond acceptors (Lipinski definition) is 7. The molecule has 2 aromatic carbocycles. The average molecular weight is 658 g/mol. The van der Waals surface area contributed by atoms with E-state index in [1.54, 1.807) is 19.2 Å². The topological polar surface area (TPSA) is 105 Å². The molecule has 0 saturated carbocycles. The first kappa shape index (κ1) is 28.3. The van der Waals surface area contributed by atoms with Gasteiger partial charge in [-0.15, -0.1) is 0 Å². The second kappa shape index (κ2) is 10.3. The lowest BCUT2D eigenvalue weighted by Crippen LogP contribution is -2.37. The Balaban J connectivity index is 1.55. The summed E-state index contributed by atoms with van der Waals surface area (Å²) in [7, 11) is 1.55. The van der Waals surface area contributed by atoms with Gasteiger partial charge in [0.15, 0.2) is 23.1 Å². The van der Waals surface area contributed by atoms with Crippen LogP contribution in [0.2, 0.25) is 0 Å². The minimum Gasteiger partial charge on any atom is -0.493 e. The molecule has 0 spiro atoms. The first-order valence-electron chi connectivity index (χ1n) is 13.2. The number of rotatable bonds is 6. The number of halogens is 1. The molecule has 1 heterocycles. The predicted molar refractivity (Wildman–Crippen MR) is 157 cm³/mol. The lowest BCUT2D eigenvalue weighted by molar-refractivity contribution is -0.384. The second-order valence-electron chi connectivity index (χ2n) is 12.3. The van der Waals surface area contributed by atoms with Gasteiger partial charge in [0.05, 0.1) is 15.6 Å². The third-order valence-corrected chi connectivity index (χ3v) is 8.50. The van der Waals surface area contributed by atoms with Crippen LogP contribution in [-0.2, 0) is 20.9 Å². The summed E-state index contributed by atoms with van der Waals surface area (Å²) in [5.41, 5.74) is 2.26. The van der Waals surface area contributed by atoms with Crippen LogP contribution < -0.4 is 9.47 Å². The highest BCUT2D eigenvalue weighted by Gasteiger charge is 2.48. The van der Waals surface area contributed by atoms with Gasteiger partial charge in [-0.1, -0.05) is 27.7 Å². The molecule has 0 fully saturated rings. The summed E-state index contributed by atoms with van der Waals surface area (Å²) in [5, 5.41) is 11.0. The van der Waals surface area contributed by atoms with Gasteiger partial charge < -0.3 is 14.2 Å². The van der Waals surface area contributed by atoms with E-state index in [9.17, 15) is 19.7 Å². The van der Waals surface area contributed by atoms with Crippen LogP contribution in [0.4, 0.5) is 5.69 Å². The Kier molecular flexibility index (Phi) is 7.31. The van der Waals surface area contributed by atoms with E-state index >= 15 is 0 Å². The second-order valence-corrected chi connectivity index (χ2v) is 13.5. The molecule has 0 N–H and O–H groups in total. The number of methoxy groups -OCH3 is 1. The van der Waals surface area contributed by atoms with Crippen molar-refractivity contribution in [3.05, 3.63) is 83.9 Å². The van der Waals surface area contributed by atoms with Gasteiger partial charge in [-0.25, -0.2) is 0 Å². The highest BCUT2D eigenvalue weighted by molar-refractivity contribution is 14.1. The maximum atomic E-state index is 13.6. The van der Waals surface area contributed by atoms with Crippen LogP contribution in [0.3, 0.4) is 0 Å². The zero-order valence-corrected chi connectivity index (χ0v) is 25.4. The van der Waals surface area contributed by atoms with Crippen molar-refractivity contribution in [2.24, 2.45) is 10.8 Å². The summed E-state index contributed by atoms with van der Waals surface area (Å²) in [6, 6.07) is 9.98. The summed E-state index contributed by atoms with van der Waals surface area (Å²) in [4.78, 5) is 37.7. The average Bonchev–Trinajstić information content (AvgIpc) is 2.85. The quantitative estimate of drug-likeness (QED) is 0.184. The summed E-state index contributed by atoms with van der Waals surface area (Å²) in [5.74, 6) is 1.82. The van der Waals surface area contributed by atoms with Gasteiger partial charge in [0.2, 0.25) is 0 Å². The lowest BCUT2D eigenvalue weighted by Gasteiger charge is -2.42. The zero-order valence-electron chi connectivity index (χ0n) is 23.3. The fraction of sp³-hybridized carbons (Fsp3) is 0.419. The maximum absolute atomic E-state index is 13.6. The van der Waals surface area contributed by atoms with Crippen molar-refractivity contribution in [1.29, 1.82) is 0 Å². The SMILES string of the molecule is COc1cc(C2C3=C(CC(C)(C)CC3=O)OC3=C2C(=O)CC(C)(C)C3)cc(I)c1OCc1ccc([N+](=O)[O-])cc1. The molecule has 0 unspecified atom stereocenters. The molecule has 2 aliphatic carbocycles. The van der Waals surface area contributed by atoms with Crippen molar-refractivity contribution in [2.75, 3.05) is 7.11 Å². The Morgan fingerprint density at radius 1 is 0.950 bits per heavy atom. The normalized spacial score (nSPS) is 20.1. The van der Waals surface area contributed by atoms with Gasteiger partial charge >= 0.3 is 0 Å². The number of ketones is 2. The van der Waals surface area contributed by atoms with Crippen molar-refractivity contribution in [1.82, 2.24) is 0 Å². The molecule has 5 rings (SSSR count). The largest absolute Gasteiger partial charge is 0.493 e. The Morgan fingerprint density at radius 3 is 2.00 bits per heavy atom. The third-order valence-electron chi connectivity index (χ3n) is 7.70. The summed E-state index contributed by atoms with van der Waals surface area (Å²) < 4.78 is 19.0. The van der Waals surface area contributed by atoms with E-state index in [4.69, 9.17) is 14.2 Å². The van der Waals surface area contributed by atoms with E-state index in [2.05, 4.69) is 50.3 Å². The molecule has 0 amide bonds. The van der Waals surface area contributed by atoms with Crippen molar-refractivity contribution in [2.45, 2.75) is 65.9 Å². The highest BCUT2D eigenvalue weighted by Crippen LogP contribution is 2.54. The number of nitro benzene ring substituents is 1. The van der Waals surface area contributed by atoms with Gasteiger partial charge in [0, 0.05) is 54.9 Å². The Hall–Kier alpha value is -3.21. The number of carbonyl (C=O) groups is 2. The van der Waals surface area contributed by atoms with Gasteiger partial charge in [0.1, 0.15) is 18.1 Å². The number of non-ortho nitro benzene ring substituents is 1. The molecule has 0 radical (unpaired) electrons. The number of hydrogen-bond donors (Lipinski definition) is 0. The number of benzene rings is 2. The Bertz CT molecular complexity index is 1430. The Morgan fingerprint density at radius 2 is 1.50 bits per heavy atom. The van der Waals surface area contributed by atoms with Crippen LogP contribution in [0.5, 0.6) is 11.5 Å². The third kappa shape index (κ3) is 5.40. The van der Waals surface area contributed by atoms with Crippen LogP contribution in [0.1, 0.15) is 70.4 Å². The van der Waals surface area contributed by atoms with E-state index in [1.807, 2.05) is 12.1 Å². The molecule has 0 bridgehead atoms. The van der Waals surface area contributed by atoms with Crippen molar-refractivity contribution >= 4 is 39.8 Å². The Labute approximate surface area is 247 Å². The van der Waals surface area contributed by atoms with Crippen LogP contribution in [0.25, 0.3) is 0 Å². The number of allylic oxidation sites excluding steroid dienone is 4. The van der Waals surface area contributed by atoms with Gasteiger partial charge in [-0.05, 0) is 68.8 Å². The number of nitro groups is 1. The number of ether oxygens (including phenoxy) is 3. The zero-order chi connectivity index (χ0) is 29.0. The molecule has 9 heteroatoms. The molecule has 2 aromatic rings. The van der Waals surface area contributed by atoms with Gasteiger partial charge in [0.25, 0.3) is 5.69 Å². The van der Waals surface area contributed by atoms with E-state index < -0.39 is 10.8 Å². The van der Waals surface area contributed by atoms with Crippen molar-refractivity contribution in [3.63, 3.8) is 0 Å². The van der Waals surface area contributed by atoms with Crippen LogP contribution in [0.15, 0.2) is 59.1 Å². The van der Waals surface area contributed by atoms with Crippen LogP contribution >= 0.6 is 22.6 Å². The molecule has 1 aliphatic heterocycles. The lowest BCUT2D eigenvalue weighted by atomic mass is 9.65. The first-order chi connectivity index (χ1) is 18.8. The summed E-state index contributed by atoms with van der Waals surface area (Å²) in [6.45, 7) is 8.45. The van der Waals surface area contributed by atoms with Crippen LogP contribution in [-0.4, -0.2) is 23.6 Å². The molecular formula is C31H32INO7. The van der Waals surface area contributed by atoms with Gasteiger partial charge in [-0.3, -0.25) is 19.7 Å². The molecule has 0 aromatic heterocycles. The van der Waals surface area contributed by atoms with E-state index in [1.165, 1.54) is 12.1 Å². The molecule has 8 nitrogen and oxygen atoms in total. The molecule has 0 atom stereocenters. The number of nitrogens with zero attached hydrogens (tertiary/aromatic N) is 1. The molecule has 210 valence electrons. The van der Waals surface area contributed by atoms with E-state index in [0.717, 1.165) is 14.7 Å². The number of Topliss-reactive ketones (excluding diaryl/α,β-unsaturated/α-hetero) is 2. The maximum Gasteiger partial charge on any atom is 0.269 e. The molecule has 0 saturated heterocycles. The minimum atomic E-state index is -0.530. The highest BCUT2D eigenvalue weighted by atomic mass is 127. The molecule has 40 heavy (non-hydrogen) atoms. The van der Waals surface area contributed by atoms with Crippen molar-refractivity contribution in [3.8, 4) is 11.5 Å². The summed E-state index contributed by atoms with van der Waals surface area (Å²) >= 11 is 2.18. The standard InChI is InChI=1S/C31H32INO7/c1-30(2)12-21(34)27-24(14-30)40-25-15-31(3,4)13-22(35)28(25)26(27)18-10-20(32)29(23(11-18)38-5)39-16-17-6-8-19(9-7-17)33(36)37/h6-11,26H,12-16H2,1-5H3. The molecular weight excluding hydrogens is 625 g/mol.